The first-order chi connectivity index (χ1) is 7.16. The third-order valence-electron chi connectivity index (χ3n) is 2.45. The molecule has 1 aromatic carbocycles. The summed E-state index contributed by atoms with van der Waals surface area (Å²) in [5, 5.41) is 0. The minimum Gasteiger partial charge on any atom is -0.471 e. The Labute approximate surface area is 98.8 Å². The highest BCUT2D eigenvalue weighted by molar-refractivity contribution is 9.10. The third-order valence-corrected chi connectivity index (χ3v) is 2.95. The number of benzene rings is 1. The van der Waals surface area contributed by atoms with Gasteiger partial charge in [0, 0.05) is 17.6 Å². The Morgan fingerprint density at radius 2 is 2.27 bits per heavy atom. The number of ether oxygens (including phenoxy) is 1. The second-order valence-electron chi connectivity index (χ2n) is 3.95. The number of fused-ring (bicyclic) bond motifs is 1. The molecule has 0 spiro atoms. The molecule has 15 heavy (non-hydrogen) atoms. The fourth-order valence-electron chi connectivity index (χ4n) is 1.58. The van der Waals surface area contributed by atoms with Gasteiger partial charge in [0.25, 0.3) is 0 Å². The van der Waals surface area contributed by atoms with Gasteiger partial charge in [-0.1, -0.05) is 15.9 Å². The minimum absolute atomic E-state index is 0.666. The summed E-state index contributed by atoms with van der Waals surface area (Å²) >= 11 is 3.48. The summed E-state index contributed by atoms with van der Waals surface area (Å²) in [5.41, 5.74) is 1.19. The second kappa shape index (κ2) is 4.41. The molecule has 1 aromatic rings. The van der Waals surface area contributed by atoms with E-state index < -0.39 is 0 Å². The molecule has 0 saturated carbocycles. The van der Waals surface area contributed by atoms with Gasteiger partial charge < -0.3 is 14.5 Å². The molecule has 1 aliphatic rings. The van der Waals surface area contributed by atoms with Crippen LogP contribution in [0.4, 0.5) is 5.69 Å². The van der Waals surface area contributed by atoms with Gasteiger partial charge in [-0.05, 0) is 32.3 Å². The van der Waals surface area contributed by atoms with Crippen LogP contribution < -0.4 is 9.64 Å². The predicted molar refractivity (Wildman–Crippen MR) is 65.5 cm³/mol. The maximum absolute atomic E-state index is 5.58. The van der Waals surface area contributed by atoms with Crippen LogP contribution in [0.2, 0.25) is 0 Å². The average Bonchev–Trinajstić information content (AvgIpc) is 2.57. The molecule has 0 radical (unpaired) electrons. The molecule has 1 aliphatic heterocycles. The zero-order valence-electron chi connectivity index (χ0n) is 9.03. The van der Waals surface area contributed by atoms with E-state index >= 15 is 0 Å². The van der Waals surface area contributed by atoms with Crippen LogP contribution in [0.15, 0.2) is 22.7 Å². The van der Waals surface area contributed by atoms with E-state index in [9.17, 15) is 0 Å². The van der Waals surface area contributed by atoms with Crippen molar-refractivity contribution in [1.29, 1.82) is 0 Å². The first kappa shape index (κ1) is 10.8. The summed E-state index contributed by atoms with van der Waals surface area (Å²) in [4.78, 5) is 4.43. The molecule has 4 heteroatoms. The summed E-state index contributed by atoms with van der Waals surface area (Å²) < 4.78 is 6.68. The molecule has 0 fully saturated rings. The lowest BCUT2D eigenvalue weighted by atomic mass is 10.3. The SMILES string of the molecule is CN(C)CCN1COc2ccc(Br)cc21. The smallest absolute Gasteiger partial charge is 0.161 e. The number of halogens is 1. The molecular weight excluding hydrogens is 256 g/mol. The van der Waals surface area contributed by atoms with Crippen molar-refractivity contribution in [3.63, 3.8) is 0 Å². The lowest BCUT2D eigenvalue weighted by molar-refractivity contribution is 0.335. The lowest BCUT2D eigenvalue weighted by Gasteiger charge is -2.19. The highest BCUT2D eigenvalue weighted by Gasteiger charge is 2.19. The number of anilines is 1. The summed E-state index contributed by atoms with van der Waals surface area (Å²) in [7, 11) is 4.16. The molecule has 82 valence electrons. The van der Waals surface area contributed by atoms with E-state index in [1.165, 1.54) is 5.69 Å². The molecule has 0 saturated heterocycles. The number of hydrogen-bond acceptors (Lipinski definition) is 3. The van der Waals surface area contributed by atoms with Crippen molar-refractivity contribution >= 4 is 21.6 Å². The molecule has 0 aliphatic carbocycles. The van der Waals surface area contributed by atoms with E-state index in [0.717, 1.165) is 23.3 Å². The van der Waals surface area contributed by atoms with Crippen LogP contribution in [-0.2, 0) is 0 Å². The van der Waals surface area contributed by atoms with Crippen molar-refractivity contribution in [2.24, 2.45) is 0 Å². The topological polar surface area (TPSA) is 15.7 Å². The van der Waals surface area contributed by atoms with Crippen LogP contribution in [0, 0.1) is 0 Å². The van der Waals surface area contributed by atoms with Crippen molar-refractivity contribution < 1.29 is 4.74 Å². The van der Waals surface area contributed by atoms with Gasteiger partial charge in [0.05, 0.1) is 5.69 Å². The van der Waals surface area contributed by atoms with Crippen molar-refractivity contribution in [2.75, 3.05) is 38.8 Å². The van der Waals surface area contributed by atoms with Crippen LogP contribution in [0.3, 0.4) is 0 Å². The quantitative estimate of drug-likeness (QED) is 0.838. The maximum Gasteiger partial charge on any atom is 0.161 e. The molecule has 0 unspecified atom stereocenters. The van der Waals surface area contributed by atoms with Crippen LogP contribution in [0.1, 0.15) is 0 Å². The van der Waals surface area contributed by atoms with Crippen LogP contribution in [0.5, 0.6) is 5.75 Å². The third kappa shape index (κ3) is 2.44. The van der Waals surface area contributed by atoms with Crippen LogP contribution in [-0.4, -0.2) is 38.8 Å². The molecule has 0 bridgehead atoms. The monoisotopic (exact) mass is 270 g/mol. The highest BCUT2D eigenvalue weighted by atomic mass is 79.9. The first-order valence-corrected chi connectivity index (χ1v) is 5.78. The van der Waals surface area contributed by atoms with Crippen LogP contribution >= 0.6 is 15.9 Å². The average molecular weight is 271 g/mol. The molecule has 1 heterocycles. The number of hydrogen-bond donors (Lipinski definition) is 0. The largest absolute Gasteiger partial charge is 0.471 e. The van der Waals surface area contributed by atoms with Crippen molar-refractivity contribution in [1.82, 2.24) is 4.90 Å². The minimum atomic E-state index is 0.666. The van der Waals surface area contributed by atoms with Gasteiger partial charge in [-0.2, -0.15) is 0 Å². The normalized spacial score (nSPS) is 14.3. The van der Waals surface area contributed by atoms with Gasteiger partial charge >= 0.3 is 0 Å². The van der Waals surface area contributed by atoms with Crippen molar-refractivity contribution in [3.05, 3.63) is 22.7 Å². The van der Waals surface area contributed by atoms with Gasteiger partial charge in [-0.3, -0.25) is 0 Å². The molecule has 0 N–H and O–H groups in total. The van der Waals surface area contributed by atoms with E-state index in [4.69, 9.17) is 4.74 Å². The molecule has 2 rings (SSSR count). The molecule has 0 atom stereocenters. The van der Waals surface area contributed by atoms with Gasteiger partial charge in [0.2, 0.25) is 0 Å². The second-order valence-corrected chi connectivity index (χ2v) is 4.87. The van der Waals surface area contributed by atoms with Gasteiger partial charge in [0.1, 0.15) is 5.75 Å². The zero-order chi connectivity index (χ0) is 10.8. The van der Waals surface area contributed by atoms with Crippen molar-refractivity contribution in [2.45, 2.75) is 0 Å². The Morgan fingerprint density at radius 1 is 1.47 bits per heavy atom. The molecule has 0 aromatic heterocycles. The predicted octanol–water partition coefficient (Wildman–Crippen LogP) is 2.17. The number of likely N-dealkylation sites (N-methyl/N-ethyl adjacent to an activating group) is 1. The summed E-state index contributed by atoms with van der Waals surface area (Å²) in [6.45, 7) is 2.70. The number of nitrogens with zero attached hydrogens (tertiary/aromatic N) is 2. The maximum atomic E-state index is 5.58. The highest BCUT2D eigenvalue weighted by Crippen LogP contribution is 2.35. The van der Waals surface area contributed by atoms with Gasteiger partial charge in [0.15, 0.2) is 6.73 Å². The standard InChI is InChI=1S/C11H15BrN2O/c1-13(2)5-6-14-8-15-11-4-3-9(12)7-10(11)14/h3-4,7H,5-6,8H2,1-2H3. The van der Waals surface area contributed by atoms with Gasteiger partial charge in [-0.15, -0.1) is 0 Å². The Bertz CT molecular complexity index is 354. The van der Waals surface area contributed by atoms with E-state index in [0.29, 0.717) is 6.73 Å². The summed E-state index contributed by atoms with van der Waals surface area (Å²) in [6, 6.07) is 6.13. The molecule has 3 nitrogen and oxygen atoms in total. The fourth-order valence-corrected chi connectivity index (χ4v) is 1.93. The Balaban J connectivity index is 2.10. The first-order valence-electron chi connectivity index (χ1n) is 4.99. The number of rotatable bonds is 3. The summed E-state index contributed by atoms with van der Waals surface area (Å²) in [6.07, 6.45) is 0. The molecule has 0 amide bonds. The zero-order valence-corrected chi connectivity index (χ0v) is 10.6. The van der Waals surface area contributed by atoms with E-state index in [1.807, 2.05) is 12.1 Å². The fraction of sp³-hybridized carbons (Fsp3) is 0.455. The van der Waals surface area contributed by atoms with E-state index in [-0.39, 0.29) is 0 Å². The lowest BCUT2D eigenvalue weighted by Crippen LogP contribution is -2.31. The van der Waals surface area contributed by atoms with Crippen molar-refractivity contribution in [3.8, 4) is 5.75 Å². The Hall–Kier alpha value is -0.740. The van der Waals surface area contributed by atoms with Gasteiger partial charge in [-0.25, -0.2) is 0 Å². The molecular formula is C11H15BrN2O. The van der Waals surface area contributed by atoms with E-state index in [1.54, 1.807) is 0 Å². The Kier molecular flexibility index (Phi) is 3.17. The van der Waals surface area contributed by atoms with Crippen LogP contribution in [0.25, 0.3) is 0 Å². The Morgan fingerprint density at radius 3 is 3.00 bits per heavy atom. The summed E-state index contributed by atoms with van der Waals surface area (Å²) in [5.74, 6) is 0.983. The van der Waals surface area contributed by atoms with E-state index in [2.05, 4.69) is 45.9 Å².